The van der Waals surface area contributed by atoms with Crippen molar-refractivity contribution in [2.24, 2.45) is 0 Å². The summed E-state index contributed by atoms with van der Waals surface area (Å²) >= 11 is 1.34. The Morgan fingerprint density at radius 1 is 1.27 bits per heavy atom. The van der Waals surface area contributed by atoms with Crippen molar-refractivity contribution in [2.45, 2.75) is 17.5 Å². The van der Waals surface area contributed by atoms with E-state index in [4.69, 9.17) is 10.00 Å². The normalized spacial score (nSPS) is 10.5. The standard InChI is InChI=1S/C19H15N3O3S/c1-25-17(23)11-22-18(24)15-7-2-3-8-16(15)21-19(22)26-12-14-6-4-5-13(9-14)10-20/h2-9H,11-12H2,1H3. The van der Waals surface area contributed by atoms with Crippen molar-refractivity contribution in [3.63, 3.8) is 0 Å². The van der Waals surface area contributed by atoms with Gasteiger partial charge in [-0.1, -0.05) is 36.0 Å². The van der Waals surface area contributed by atoms with Crippen LogP contribution >= 0.6 is 11.8 Å². The van der Waals surface area contributed by atoms with Gasteiger partial charge in [0.25, 0.3) is 5.56 Å². The average Bonchev–Trinajstić information content (AvgIpc) is 2.68. The second-order valence-electron chi connectivity index (χ2n) is 5.48. The molecule has 130 valence electrons. The number of methoxy groups -OCH3 is 1. The van der Waals surface area contributed by atoms with Crippen molar-refractivity contribution in [2.75, 3.05) is 7.11 Å². The first kappa shape index (κ1) is 17.7. The molecule has 1 heterocycles. The topological polar surface area (TPSA) is 85.0 Å². The number of carbonyl (C=O) groups excluding carboxylic acids is 1. The fourth-order valence-corrected chi connectivity index (χ4v) is 3.41. The number of hydrogen-bond donors (Lipinski definition) is 0. The molecule has 0 bridgehead atoms. The molecule has 3 rings (SSSR count). The lowest BCUT2D eigenvalue weighted by molar-refractivity contribution is -0.141. The van der Waals surface area contributed by atoms with E-state index in [0.717, 1.165) is 5.56 Å². The molecule has 0 unspecified atom stereocenters. The molecule has 7 heteroatoms. The van der Waals surface area contributed by atoms with E-state index in [9.17, 15) is 9.59 Å². The molecule has 2 aromatic carbocycles. The number of ether oxygens (including phenoxy) is 1. The van der Waals surface area contributed by atoms with Crippen LogP contribution in [0, 0.1) is 11.3 Å². The highest BCUT2D eigenvalue weighted by Gasteiger charge is 2.14. The molecular formula is C19H15N3O3S. The SMILES string of the molecule is COC(=O)Cn1c(SCc2cccc(C#N)c2)nc2ccccc2c1=O. The Bertz CT molecular complexity index is 1070. The minimum absolute atomic E-state index is 0.201. The summed E-state index contributed by atoms with van der Waals surface area (Å²) in [6, 6.07) is 16.3. The van der Waals surface area contributed by atoms with E-state index >= 15 is 0 Å². The maximum Gasteiger partial charge on any atom is 0.325 e. The van der Waals surface area contributed by atoms with Crippen LogP contribution in [0.4, 0.5) is 0 Å². The molecule has 0 radical (unpaired) electrons. The zero-order valence-corrected chi connectivity index (χ0v) is 14.8. The molecular weight excluding hydrogens is 350 g/mol. The average molecular weight is 365 g/mol. The van der Waals surface area contributed by atoms with Crippen LogP contribution < -0.4 is 5.56 Å². The van der Waals surface area contributed by atoms with Crippen LogP contribution in [0.3, 0.4) is 0 Å². The fourth-order valence-electron chi connectivity index (χ4n) is 2.47. The lowest BCUT2D eigenvalue weighted by Gasteiger charge is -2.12. The van der Waals surface area contributed by atoms with Gasteiger partial charge in [-0.15, -0.1) is 0 Å². The van der Waals surface area contributed by atoms with Crippen LogP contribution in [-0.4, -0.2) is 22.6 Å². The van der Waals surface area contributed by atoms with Gasteiger partial charge in [0.2, 0.25) is 0 Å². The third-order valence-corrected chi connectivity index (χ3v) is 4.81. The van der Waals surface area contributed by atoms with Crippen LogP contribution in [-0.2, 0) is 21.8 Å². The third kappa shape index (κ3) is 3.76. The van der Waals surface area contributed by atoms with Crippen LogP contribution in [0.5, 0.6) is 0 Å². The summed E-state index contributed by atoms with van der Waals surface area (Å²) in [6.07, 6.45) is 0. The number of hydrogen-bond acceptors (Lipinski definition) is 6. The number of esters is 1. The largest absolute Gasteiger partial charge is 0.468 e. The van der Waals surface area contributed by atoms with Gasteiger partial charge in [0, 0.05) is 5.75 Å². The van der Waals surface area contributed by atoms with Gasteiger partial charge in [0.1, 0.15) is 6.54 Å². The molecule has 0 aliphatic heterocycles. The quantitative estimate of drug-likeness (QED) is 0.393. The van der Waals surface area contributed by atoms with Gasteiger partial charge in [-0.25, -0.2) is 4.98 Å². The first-order chi connectivity index (χ1) is 12.6. The van der Waals surface area contributed by atoms with E-state index in [1.54, 1.807) is 30.3 Å². The number of aromatic nitrogens is 2. The fraction of sp³-hybridized carbons (Fsp3) is 0.158. The molecule has 1 aromatic heterocycles. The Kier molecular flexibility index (Phi) is 5.34. The second-order valence-corrected chi connectivity index (χ2v) is 6.42. The molecule has 0 saturated heterocycles. The summed E-state index contributed by atoms with van der Waals surface area (Å²) in [4.78, 5) is 29.0. The lowest BCUT2D eigenvalue weighted by Crippen LogP contribution is -2.27. The molecule has 0 amide bonds. The van der Waals surface area contributed by atoms with E-state index in [1.165, 1.54) is 23.4 Å². The van der Waals surface area contributed by atoms with E-state index in [1.807, 2.05) is 18.2 Å². The predicted molar refractivity (Wildman–Crippen MR) is 98.7 cm³/mol. The lowest BCUT2D eigenvalue weighted by atomic mass is 10.2. The van der Waals surface area contributed by atoms with Gasteiger partial charge >= 0.3 is 5.97 Å². The van der Waals surface area contributed by atoms with E-state index in [0.29, 0.717) is 27.4 Å². The highest BCUT2D eigenvalue weighted by molar-refractivity contribution is 7.98. The monoisotopic (exact) mass is 365 g/mol. The Balaban J connectivity index is 1.99. The van der Waals surface area contributed by atoms with Gasteiger partial charge < -0.3 is 4.74 Å². The number of nitriles is 1. The van der Waals surface area contributed by atoms with Crippen molar-refractivity contribution in [3.8, 4) is 6.07 Å². The second kappa shape index (κ2) is 7.85. The summed E-state index contributed by atoms with van der Waals surface area (Å²) in [5.41, 5.74) is 1.80. The number of thioether (sulfide) groups is 1. The first-order valence-corrected chi connectivity index (χ1v) is 8.79. The Hall–Kier alpha value is -3.11. The zero-order chi connectivity index (χ0) is 18.5. The smallest absolute Gasteiger partial charge is 0.325 e. The molecule has 0 aliphatic rings. The molecule has 0 aliphatic carbocycles. The van der Waals surface area contributed by atoms with Crippen LogP contribution in [0.1, 0.15) is 11.1 Å². The molecule has 26 heavy (non-hydrogen) atoms. The highest BCUT2D eigenvalue weighted by Crippen LogP contribution is 2.22. The van der Waals surface area contributed by atoms with E-state index in [-0.39, 0.29) is 12.1 Å². The highest BCUT2D eigenvalue weighted by atomic mass is 32.2. The van der Waals surface area contributed by atoms with Crippen LogP contribution in [0.2, 0.25) is 0 Å². The van der Waals surface area contributed by atoms with Crippen molar-refractivity contribution in [3.05, 3.63) is 70.0 Å². The van der Waals surface area contributed by atoms with Crippen molar-refractivity contribution in [1.82, 2.24) is 9.55 Å². The number of carbonyl (C=O) groups is 1. The number of rotatable bonds is 5. The minimum Gasteiger partial charge on any atom is -0.468 e. The summed E-state index contributed by atoms with van der Waals surface area (Å²) in [6.45, 7) is -0.201. The maximum absolute atomic E-state index is 12.8. The van der Waals surface area contributed by atoms with Crippen molar-refractivity contribution in [1.29, 1.82) is 5.26 Å². The number of para-hydroxylation sites is 1. The summed E-state index contributed by atoms with van der Waals surface area (Å²) in [5.74, 6) is -0.000845. The Morgan fingerprint density at radius 3 is 2.85 bits per heavy atom. The van der Waals surface area contributed by atoms with Crippen LogP contribution in [0.25, 0.3) is 10.9 Å². The summed E-state index contributed by atoms with van der Waals surface area (Å²) in [7, 11) is 1.28. The molecule has 0 atom stereocenters. The number of benzene rings is 2. The molecule has 3 aromatic rings. The van der Waals surface area contributed by atoms with Crippen LogP contribution in [0.15, 0.2) is 58.5 Å². The predicted octanol–water partition coefficient (Wildman–Crippen LogP) is 2.73. The van der Waals surface area contributed by atoms with E-state index in [2.05, 4.69) is 11.1 Å². The Morgan fingerprint density at radius 2 is 2.08 bits per heavy atom. The zero-order valence-electron chi connectivity index (χ0n) is 14.0. The molecule has 0 N–H and O–H groups in total. The van der Waals surface area contributed by atoms with Gasteiger partial charge in [-0.2, -0.15) is 5.26 Å². The minimum atomic E-state index is -0.516. The van der Waals surface area contributed by atoms with Gasteiger partial charge in [0.15, 0.2) is 5.16 Å². The van der Waals surface area contributed by atoms with Gasteiger partial charge in [0.05, 0.1) is 29.6 Å². The Labute approximate surface area is 154 Å². The third-order valence-electron chi connectivity index (χ3n) is 3.77. The molecule has 0 spiro atoms. The summed E-state index contributed by atoms with van der Waals surface area (Å²) < 4.78 is 6.02. The van der Waals surface area contributed by atoms with E-state index < -0.39 is 5.97 Å². The summed E-state index contributed by atoms with van der Waals surface area (Å²) in [5, 5.41) is 9.89. The number of nitrogens with zero attached hydrogens (tertiary/aromatic N) is 3. The van der Waals surface area contributed by atoms with Gasteiger partial charge in [-0.3, -0.25) is 14.2 Å². The molecule has 0 fully saturated rings. The van der Waals surface area contributed by atoms with Crippen molar-refractivity contribution >= 4 is 28.6 Å². The molecule has 0 saturated carbocycles. The van der Waals surface area contributed by atoms with Crippen molar-refractivity contribution < 1.29 is 9.53 Å². The van der Waals surface area contributed by atoms with Gasteiger partial charge in [-0.05, 0) is 29.8 Å². The molecule has 6 nitrogen and oxygen atoms in total. The first-order valence-electron chi connectivity index (χ1n) is 7.80. The maximum atomic E-state index is 12.8. The number of fused-ring (bicyclic) bond motifs is 1.